The van der Waals surface area contributed by atoms with Crippen LogP contribution in [0.5, 0.6) is 0 Å². The second-order valence-corrected chi connectivity index (χ2v) is 5.09. The van der Waals surface area contributed by atoms with Gasteiger partial charge in [0.25, 0.3) is 0 Å². The summed E-state index contributed by atoms with van der Waals surface area (Å²) in [5.41, 5.74) is 8.51. The second kappa shape index (κ2) is 5.05. The van der Waals surface area contributed by atoms with Crippen LogP contribution >= 0.6 is 0 Å². The molecule has 1 aromatic carbocycles. The lowest BCUT2D eigenvalue weighted by Crippen LogP contribution is -2.11. The number of hydrogen-bond donors (Lipinski definition) is 1. The van der Waals surface area contributed by atoms with Crippen molar-refractivity contribution in [1.82, 2.24) is 24.5 Å². The Morgan fingerprint density at radius 3 is 2.75 bits per heavy atom. The van der Waals surface area contributed by atoms with Crippen LogP contribution in [0, 0.1) is 0 Å². The van der Waals surface area contributed by atoms with Gasteiger partial charge in [-0.2, -0.15) is 0 Å². The van der Waals surface area contributed by atoms with Crippen LogP contribution in [0.15, 0.2) is 30.5 Å². The summed E-state index contributed by atoms with van der Waals surface area (Å²) in [4.78, 5) is 4.71. The maximum absolute atomic E-state index is 5.56. The van der Waals surface area contributed by atoms with Crippen molar-refractivity contribution < 1.29 is 0 Å². The first kappa shape index (κ1) is 12.8. The molecule has 2 N–H and O–H groups in total. The molecule has 3 aromatic rings. The molecule has 0 unspecified atom stereocenters. The minimum Gasteiger partial charge on any atom is -0.325 e. The fourth-order valence-corrected chi connectivity index (χ4v) is 2.44. The van der Waals surface area contributed by atoms with Crippen LogP contribution in [0.2, 0.25) is 0 Å². The van der Waals surface area contributed by atoms with Gasteiger partial charge in [-0.3, -0.25) is 0 Å². The van der Waals surface area contributed by atoms with E-state index < -0.39 is 0 Å². The Balaban J connectivity index is 2.03. The average molecular weight is 270 g/mol. The first-order chi connectivity index (χ1) is 9.69. The fraction of sp³-hybridized carbons (Fsp3) is 0.357. The van der Waals surface area contributed by atoms with Crippen LogP contribution in [0.25, 0.3) is 11.0 Å². The molecule has 0 fully saturated rings. The molecule has 0 saturated carbocycles. The van der Waals surface area contributed by atoms with Crippen molar-refractivity contribution in [3.05, 3.63) is 42.0 Å². The molecule has 0 amide bonds. The molecule has 0 aliphatic heterocycles. The monoisotopic (exact) mass is 270 g/mol. The van der Waals surface area contributed by atoms with Crippen molar-refractivity contribution in [1.29, 1.82) is 0 Å². The zero-order valence-corrected chi connectivity index (χ0v) is 11.7. The Morgan fingerprint density at radius 1 is 1.25 bits per heavy atom. The number of rotatable bonds is 4. The Morgan fingerprint density at radius 2 is 2.05 bits per heavy atom. The lowest BCUT2D eigenvalue weighted by atomic mass is 10.3. The summed E-state index contributed by atoms with van der Waals surface area (Å²) in [6, 6.07) is 8.51. The molecule has 0 aliphatic rings. The SMILES string of the molecule is CC(C)n1c(Cn2cc(CN)nn2)nc2ccccc21. The van der Waals surface area contributed by atoms with E-state index in [1.54, 1.807) is 4.68 Å². The molecule has 0 aliphatic carbocycles. The van der Waals surface area contributed by atoms with E-state index in [1.165, 1.54) is 0 Å². The predicted octanol–water partition coefficient (Wildman–Crippen LogP) is 1.72. The van der Waals surface area contributed by atoms with Crippen molar-refractivity contribution in [2.45, 2.75) is 33.0 Å². The van der Waals surface area contributed by atoms with E-state index in [9.17, 15) is 0 Å². The van der Waals surface area contributed by atoms with Gasteiger partial charge in [-0.1, -0.05) is 17.3 Å². The molecular formula is C14H18N6. The number of nitrogens with zero attached hydrogens (tertiary/aromatic N) is 5. The van der Waals surface area contributed by atoms with E-state index in [-0.39, 0.29) is 0 Å². The van der Waals surface area contributed by atoms with Crippen molar-refractivity contribution in [2.75, 3.05) is 0 Å². The van der Waals surface area contributed by atoms with E-state index in [4.69, 9.17) is 10.7 Å². The topological polar surface area (TPSA) is 74.5 Å². The minimum atomic E-state index is 0.343. The Bertz CT molecular complexity index is 724. The minimum absolute atomic E-state index is 0.343. The third-order valence-electron chi connectivity index (χ3n) is 3.28. The van der Waals surface area contributed by atoms with Crippen LogP contribution < -0.4 is 5.73 Å². The molecular weight excluding hydrogens is 252 g/mol. The Hall–Kier alpha value is -2.21. The standard InChI is InChI=1S/C14H18N6/c1-10(2)20-13-6-4-3-5-12(13)16-14(20)9-19-8-11(7-15)17-18-19/h3-6,8,10H,7,9,15H2,1-2H3. The van der Waals surface area contributed by atoms with E-state index in [0.29, 0.717) is 19.1 Å². The highest BCUT2D eigenvalue weighted by Crippen LogP contribution is 2.21. The van der Waals surface area contributed by atoms with Crippen molar-refractivity contribution in [3.63, 3.8) is 0 Å². The summed E-state index contributed by atoms with van der Waals surface area (Å²) in [7, 11) is 0. The van der Waals surface area contributed by atoms with E-state index in [2.05, 4.69) is 34.8 Å². The molecule has 0 spiro atoms. The smallest absolute Gasteiger partial charge is 0.132 e. The zero-order valence-electron chi connectivity index (χ0n) is 11.7. The summed E-state index contributed by atoms with van der Waals surface area (Å²) in [5, 5.41) is 8.10. The highest BCUT2D eigenvalue weighted by molar-refractivity contribution is 5.76. The van der Waals surface area contributed by atoms with Gasteiger partial charge >= 0.3 is 0 Å². The quantitative estimate of drug-likeness (QED) is 0.783. The number of benzene rings is 1. The second-order valence-electron chi connectivity index (χ2n) is 5.09. The number of nitrogens with two attached hydrogens (primary N) is 1. The largest absolute Gasteiger partial charge is 0.325 e. The first-order valence-corrected chi connectivity index (χ1v) is 6.74. The normalized spacial score (nSPS) is 11.6. The number of imidazole rings is 1. The number of fused-ring (bicyclic) bond motifs is 1. The van der Waals surface area contributed by atoms with Crippen molar-refractivity contribution in [2.24, 2.45) is 5.73 Å². The number of aromatic nitrogens is 5. The van der Waals surface area contributed by atoms with Gasteiger partial charge in [0, 0.05) is 12.6 Å². The Kier molecular flexibility index (Phi) is 3.23. The molecule has 6 heteroatoms. The van der Waals surface area contributed by atoms with Gasteiger partial charge in [-0.25, -0.2) is 9.67 Å². The molecule has 20 heavy (non-hydrogen) atoms. The van der Waals surface area contributed by atoms with Crippen LogP contribution in [0.1, 0.15) is 31.4 Å². The van der Waals surface area contributed by atoms with Gasteiger partial charge < -0.3 is 10.3 Å². The fourth-order valence-electron chi connectivity index (χ4n) is 2.44. The highest BCUT2D eigenvalue weighted by Gasteiger charge is 2.13. The zero-order chi connectivity index (χ0) is 14.1. The highest BCUT2D eigenvalue weighted by atomic mass is 15.4. The number of para-hydroxylation sites is 2. The third kappa shape index (κ3) is 2.18. The lowest BCUT2D eigenvalue weighted by molar-refractivity contribution is 0.543. The molecule has 0 radical (unpaired) electrons. The molecule has 2 aromatic heterocycles. The van der Waals surface area contributed by atoms with Crippen LogP contribution in [0.4, 0.5) is 0 Å². The molecule has 0 saturated heterocycles. The predicted molar refractivity (Wildman–Crippen MR) is 77.1 cm³/mol. The van der Waals surface area contributed by atoms with Crippen LogP contribution in [-0.2, 0) is 13.1 Å². The van der Waals surface area contributed by atoms with E-state index >= 15 is 0 Å². The molecule has 104 valence electrons. The molecule has 6 nitrogen and oxygen atoms in total. The van der Waals surface area contributed by atoms with Gasteiger partial charge in [-0.15, -0.1) is 5.10 Å². The summed E-state index contributed by atoms with van der Waals surface area (Å²) in [5.74, 6) is 0.981. The van der Waals surface area contributed by atoms with Gasteiger partial charge in [0.15, 0.2) is 0 Å². The van der Waals surface area contributed by atoms with E-state index in [0.717, 1.165) is 22.6 Å². The first-order valence-electron chi connectivity index (χ1n) is 6.74. The average Bonchev–Trinajstić information content (AvgIpc) is 3.02. The Labute approximate surface area is 117 Å². The molecule has 0 atom stereocenters. The molecule has 0 bridgehead atoms. The molecule has 2 heterocycles. The third-order valence-corrected chi connectivity index (χ3v) is 3.28. The maximum atomic E-state index is 5.56. The van der Waals surface area contributed by atoms with Gasteiger partial charge in [0.1, 0.15) is 12.4 Å². The maximum Gasteiger partial charge on any atom is 0.132 e. The summed E-state index contributed by atoms with van der Waals surface area (Å²) in [6.07, 6.45) is 1.87. The van der Waals surface area contributed by atoms with Crippen LogP contribution in [-0.4, -0.2) is 24.5 Å². The van der Waals surface area contributed by atoms with Gasteiger partial charge in [-0.05, 0) is 26.0 Å². The molecule has 3 rings (SSSR count). The summed E-state index contributed by atoms with van der Waals surface area (Å²) < 4.78 is 4.02. The van der Waals surface area contributed by atoms with Gasteiger partial charge in [0.05, 0.1) is 22.9 Å². The van der Waals surface area contributed by atoms with Crippen molar-refractivity contribution >= 4 is 11.0 Å². The number of hydrogen-bond acceptors (Lipinski definition) is 4. The lowest BCUT2D eigenvalue weighted by Gasteiger charge is -2.12. The summed E-state index contributed by atoms with van der Waals surface area (Å²) in [6.45, 7) is 5.31. The van der Waals surface area contributed by atoms with Crippen LogP contribution in [0.3, 0.4) is 0 Å². The summed E-state index contributed by atoms with van der Waals surface area (Å²) >= 11 is 0. The van der Waals surface area contributed by atoms with E-state index in [1.807, 2.05) is 24.4 Å². The van der Waals surface area contributed by atoms with Gasteiger partial charge in [0.2, 0.25) is 0 Å². The van der Waals surface area contributed by atoms with Crippen molar-refractivity contribution in [3.8, 4) is 0 Å².